The molecule has 1 heterocycles. The lowest BCUT2D eigenvalue weighted by atomic mass is 10.1. The van der Waals surface area contributed by atoms with Crippen LogP contribution in [0.15, 0.2) is 24.3 Å². The van der Waals surface area contributed by atoms with Crippen LogP contribution in [-0.2, 0) is 14.3 Å². The number of benzene rings is 1. The van der Waals surface area contributed by atoms with E-state index in [4.69, 9.17) is 9.47 Å². The summed E-state index contributed by atoms with van der Waals surface area (Å²) < 4.78 is 24.6. The van der Waals surface area contributed by atoms with Gasteiger partial charge in [0.1, 0.15) is 11.9 Å². The molecule has 2 rings (SSSR count). The second-order valence-corrected chi connectivity index (χ2v) is 5.53. The molecule has 0 aliphatic carbocycles. The van der Waals surface area contributed by atoms with Gasteiger partial charge in [-0.2, -0.15) is 0 Å². The Balaban J connectivity index is 1.92. The van der Waals surface area contributed by atoms with Gasteiger partial charge in [0.25, 0.3) is 5.91 Å². The number of anilines is 1. The number of hydrogen-bond donors (Lipinski definition) is 0. The zero-order valence-corrected chi connectivity index (χ0v) is 13.3. The number of nitrogens with zero attached hydrogens (tertiary/aromatic N) is 1. The fourth-order valence-electron chi connectivity index (χ4n) is 2.59. The lowest BCUT2D eigenvalue weighted by Gasteiger charge is -2.27. The molecule has 1 aliphatic heterocycles. The number of ether oxygens (including phenoxy) is 2. The summed E-state index contributed by atoms with van der Waals surface area (Å²) in [6.45, 7) is 5.25. The zero-order valence-electron chi connectivity index (χ0n) is 13.3. The molecule has 1 amide bonds. The Kier molecular flexibility index (Phi) is 6.34. The molecule has 0 saturated carbocycles. The van der Waals surface area contributed by atoms with Crippen LogP contribution in [0.5, 0.6) is 0 Å². The summed E-state index contributed by atoms with van der Waals surface area (Å²) in [5, 5.41) is 0. The quantitative estimate of drug-likeness (QED) is 0.810. The number of carbonyl (C=O) groups is 1. The van der Waals surface area contributed by atoms with Crippen molar-refractivity contribution < 1.29 is 18.7 Å². The minimum atomic E-state index is -0.575. The van der Waals surface area contributed by atoms with Gasteiger partial charge in [-0.15, -0.1) is 0 Å². The second-order valence-electron chi connectivity index (χ2n) is 5.53. The Bertz CT molecular complexity index is 489. The van der Waals surface area contributed by atoms with E-state index >= 15 is 0 Å². The van der Waals surface area contributed by atoms with E-state index in [9.17, 15) is 9.18 Å². The molecule has 0 spiro atoms. The molecule has 1 saturated heterocycles. The van der Waals surface area contributed by atoms with Gasteiger partial charge in [-0.25, -0.2) is 4.39 Å². The van der Waals surface area contributed by atoms with Crippen molar-refractivity contribution in [3.8, 4) is 0 Å². The third kappa shape index (κ3) is 4.52. The monoisotopic (exact) mass is 309 g/mol. The number of carbonyl (C=O) groups excluding carboxylic acids is 1. The Hall–Kier alpha value is -1.46. The Morgan fingerprint density at radius 3 is 2.95 bits per heavy atom. The summed E-state index contributed by atoms with van der Waals surface area (Å²) in [6, 6.07) is 6.05. The summed E-state index contributed by atoms with van der Waals surface area (Å²) in [5.74, 6) is -0.517. The lowest BCUT2D eigenvalue weighted by molar-refractivity contribution is -0.132. The molecular formula is C17H24FNO3. The fourth-order valence-corrected chi connectivity index (χ4v) is 2.59. The molecule has 4 nitrogen and oxygen atoms in total. The number of hydrogen-bond acceptors (Lipinski definition) is 3. The van der Waals surface area contributed by atoms with Gasteiger partial charge in [-0.05, 0) is 51.3 Å². The number of rotatable bonds is 6. The summed E-state index contributed by atoms with van der Waals surface area (Å²) >= 11 is 0. The van der Waals surface area contributed by atoms with Crippen LogP contribution < -0.4 is 4.90 Å². The summed E-state index contributed by atoms with van der Waals surface area (Å²) in [7, 11) is 0. The van der Waals surface area contributed by atoms with E-state index in [2.05, 4.69) is 0 Å². The van der Waals surface area contributed by atoms with Crippen LogP contribution >= 0.6 is 0 Å². The highest BCUT2D eigenvalue weighted by Crippen LogP contribution is 2.18. The maximum atomic E-state index is 13.3. The smallest absolute Gasteiger partial charge is 0.255 e. The molecule has 0 N–H and O–H groups in total. The fraction of sp³-hybridized carbons (Fsp3) is 0.588. The summed E-state index contributed by atoms with van der Waals surface area (Å²) in [4.78, 5) is 14.0. The number of amides is 1. The van der Waals surface area contributed by atoms with Crippen LogP contribution in [0.1, 0.15) is 33.1 Å². The van der Waals surface area contributed by atoms with Gasteiger partial charge in [0.05, 0.1) is 12.7 Å². The molecule has 2 atom stereocenters. The van der Waals surface area contributed by atoms with Crippen LogP contribution in [-0.4, -0.2) is 37.9 Å². The molecule has 0 bridgehead atoms. The van der Waals surface area contributed by atoms with Gasteiger partial charge in [-0.3, -0.25) is 4.79 Å². The lowest BCUT2D eigenvalue weighted by Crippen LogP contribution is -2.40. The molecule has 1 aliphatic rings. The van der Waals surface area contributed by atoms with Gasteiger partial charge >= 0.3 is 0 Å². The van der Waals surface area contributed by atoms with Crippen molar-refractivity contribution in [3.05, 3.63) is 30.1 Å². The van der Waals surface area contributed by atoms with E-state index in [1.165, 1.54) is 17.0 Å². The van der Waals surface area contributed by atoms with Crippen molar-refractivity contribution in [2.45, 2.75) is 45.3 Å². The third-order valence-corrected chi connectivity index (χ3v) is 3.86. The third-order valence-electron chi connectivity index (χ3n) is 3.86. The number of halogens is 1. The molecule has 22 heavy (non-hydrogen) atoms. The van der Waals surface area contributed by atoms with Gasteiger partial charge in [0.15, 0.2) is 0 Å². The first kappa shape index (κ1) is 16.9. The van der Waals surface area contributed by atoms with Crippen molar-refractivity contribution in [2.24, 2.45) is 0 Å². The summed E-state index contributed by atoms with van der Waals surface area (Å²) in [5.41, 5.74) is 0.553. The van der Waals surface area contributed by atoms with E-state index < -0.39 is 6.10 Å². The van der Waals surface area contributed by atoms with Gasteiger partial charge in [0, 0.05) is 18.8 Å². The average Bonchev–Trinajstić information content (AvgIpc) is 2.54. The van der Waals surface area contributed by atoms with Gasteiger partial charge in [0.2, 0.25) is 0 Å². The van der Waals surface area contributed by atoms with Gasteiger partial charge in [-0.1, -0.05) is 6.07 Å². The van der Waals surface area contributed by atoms with Gasteiger partial charge < -0.3 is 14.4 Å². The second kappa shape index (κ2) is 8.25. The minimum Gasteiger partial charge on any atom is -0.376 e. The normalized spacial score (nSPS) is 19.7. The van der Waals surface area contributed by atoms with Crippen molar-refractivity contribution in [3.63, 3.8) is 0 Å². The number of likely N-dealkylation sites (N-methyl/N-ethyl adjacent to an activating group) is 1. The highest BCUT2D eigenvalue weighted by molar-refractivity contribution is 5.96. The molecular weight excluding hydrogens is 285 g/mol. The SMILES string of the molecule is CCN(C(=O)C(C)OCC1CCCCO1)c1cccc(F)c1. The van der Waals surface area contributed by atoms with E-state index in [0.29, 0.717) is 18.8 Å². The zero-order chi connectivity index (χ0) is 15.9. The topological polar surface area (TPSA) is 38.8 Å². The first-order chi connectivity index (χ1) is 10.6. The maximum Gasteiger partial charge on any atom is 0.255 e. The van der Waals surface area contributed by atoms with Crippen LogP contribution in [0, 0.1) is 5.82 Å². The first-order valence-electron chi connectivity index (χ1n) is 7.92. The Labute approximate surface area is 131 Å². The van der Waals surface area contributed by atoms with Crippen LogP contribution in [0.25, 0.3) is 0 Å². The molecule has 5 heteroatoms. The molecule has 2 unspecified atom stereocenters. The van der Waals surface area contributed by atoms with Crippen LogP contribution in [0.2, 0.25) is 0 Å². The molecule has 0 radical (unpaired) electrons. The van der Waals surface area contributed by atoms with Crippen molar-refractivity contribution in [2.75, 3.05) is 24.7 Å². The maximum absolute atomic E-state index is 13.3. The van der Waals surface area contributed by atoms with E-state index in [1.54, 1.807) is 19.1 Å². The van der Waals surface area contributed by atoms with Crippen molar-refractivity contribution in [1.29, 1.82) is 0 Å². The standard InChI is InChI=1S/C17H24FNO3/c1-3-19(15-8-6-7-14(18)11-15)17(20)13(2)22-12-16-9-4-5-10-21-16/h6-8,11,13,16H,3-5,9-10,12H2,1-2H3. The van der Waals surface area contributed by atoms with E-state index in [1.807, 2.05) is 6.92 Å². The minimum absolute atomic E-state index is 0.0771. The average molecular weight is 309 g/mol. The van der Waals surface area contributed by atoms with Crippen LogP contribution in [0.3, 0.4) is 0 Å². The van der Waals surface area contributed by atoms with Crippen molar-refractivity contribution in [1.82, 2.24) is 0 Å². The predicted octanol–water partition coefficient (Wildman–Crippen LogP) is 3.15. The molecule has 1 aromatic carbocycles. The highest BCUT2D eigenvalue weighted by atomic mass is 19.1. The molecule has 122 valence electrons. The predicted molar refractivity (Wildman–Crippen MR) is 83.4 cm³/mol. The molecule has 0 aromatic heterocycles. The Morgan fingerprint density at radius 1 is 1.50 bits per heavy atom. The van der Waals surface area contributed by atoms with E-state index in [-0.39, 0.29) is 17.8 Å². The van der Waals surface area contributed by atoms with Crippen LogP contribution in [0.4, 0.5) is 10.1 Å². The highest BCUT2D eigenvalue weighted by Gasteiger charge is 2.23. The van der Waals surface area contributed by atoms with Crippen molar-refractivity contribution >= 4 is 11.6 Å². The Morgan fingerprint density at radius 2 is 2.32 bits per heavy atom. The van der Waals surface area contributed by atoms with E-state index in [0.717, 1.165) is 25.9 Å². The molecule has 1 aromatic rings. The molecule has 1 fully saturated rings. The summed E-state index contributed by atoms with van der Waals surface area (Å²) in [6.07, 6.45) is 2.71. The largest absolute Gasteiger partial charge is 0.376 e. The first-order valence-corrected chi connectivity index (χ1v) is 7.92.